The van der Waals surface area contributed by atoms with E-state index in [4.69, 9.17) is 4.74 Å². The summed E-state index contributed by atoms with van der Waals surface area (Å²) in [6.07, 6.45) is 7.55. The van der Waals surface area contributed by atoms with Crippen LogP contribution in [0, 0.1) is 28.6 Å². The summed E-state index contributed by atoms with van der Waals surface area (Å²) in [5.41, 5.74) is -0.963. The molecule has 1 spiro atoms. The van der Waals surface area contributed by atoms with E-state index in [1.54, 1.807) is 0 Å². The summed E-state index contributed by atoms with van der Waals surface area (Å²) in [6.45, 7) is 4.52. The molecular weight excluding hydrogens is 304 g/mol. The Hall–Kier alpha value is -0.160. The Bertz CT molecular complexity index is 562. The van der Waals surface area contributed by atoms with Crippen LogP contribution in [-0.4, -0.2) is 45.3 Å². The highest BCUT2D eigenvalue weighted by atomic mass is 16.6. The topological polar surface area (TPSA) is 73.2 Å². The first-order valence-corrected chi connectivity index (χ1v) is 9.99. The molecule has 3 N–H and O–H groups in total. The van der Waals surface area contributed by atoms with Gasteiger partial charge in [0.2, 0.25) is 0 Å². The van der Waals surface area contributed by atoms with Gasteiger partial charge in [-0.2, -0.15) is 0 Å². The summed E-state index contributed by atoms with van der Waals surface area (Å²) in [4.78, 5) is 0. The van der Waals surface area contributed by atoms with Gasteiger partial charge in [0.15, 0.2) is 0 Å². The molecule has 5 aliphatic rings. The van der Waals surface area contributed by atoms with Gasteiger partial charge >= 0.3 is 0 Å². The third-order valence-corrected chi connectivity index (χ3v) is 9.60. The Kier molecular flexibility index (Phi) is 3.05. The Balaban J connectivity index is 1.54. The number of rotatable bonds is 1. The third-order valence-electron chi connectivity index (χ3n) is 9.60. The van der Waals surface area contributed by atoms with Gasteiger partial charge in [-0.05, 0) is 75.0 Å². The summed E-state index contributed by atoms with van der Waals surface area (Å²) in [5, 5.41) is 31.7. The van der Waals surface area contributed by atoms with Crippen LogP contribution in [0.25, 0.3) is 0 Å². The van der Waals surface area contributed by atoms with Crippen LogP contribution in [0.3, 0.4) is 0 Å². The molecule has 5 fully saturated rings. The van der Waals surface area contributed by atoms with Gasteiger partial charge in [-0.25, -0.2) is 0 Å². The third kappa shape index (κ3) is 1.61. The van der Waals surface area contributed by atoms with Gasteiger partial charge in [0, 0.05) is 11.8 Å². The molecule has 0 radical (unpaired) electrons. The van der Waals surface area contributed by atoms with Crippen LogP contribution >= 0.6 is 0 Å². The van der Waals surface area contributed by atoms with Crippen molar-refractivity contribution in [2.45, 2.75) is 88.6 Å². The fraction of sp³-hybridized carbons (Fsp3) is 1.00. The number of epoxide rings is 1. The lowest BCUT2D eigenvalue weighted by Crippen LogP contribution is -2.62. The molecule has 0 aromatic rings. The van der Waals surface area contributed by atoms with Crippen molar-refractivity contribution in [3.8, 4) is 0 Å². The van der Waals surface area contributed by atoms with E-state index in [0.717, 1.165) is 44.9 Å². The van der Waals surface area contributed by atoms with Gasteiger partial charge in [-0.15, -0.1) is 0 Å². The molecule has 4 saturated carbocycles. The monoisotopic (exact) mass is 336 g/mol. The van der Waals surface area contributed by atoms with E-state index in [1.165, 1.54) is 0 Å². The fourth-order valence-electron chi connectivity index (χ4n) is 7.99. The smallest absolute Gasteiger partial charge is 0.105 e. The minimum Gasteiger partial charge on any atom is -0.396 e. The van der Waals surface area contributed by atoms with Gasteiger partial charge < -0.3 is 20.1 Å². The molecular formula is C20H32O4. The maximum Gasteiger partial charge on any atom is 0.105 e. The first-order chi connectivity index (χ1) is 11.3. The van der Waals surface area contributed by atoms with Crippen molar-refractivity contribution in [1.29, 1.82) is 0 Å². The Morgan fingerprint density at radius 1 is 1.04 bits per heavy atom. The Labute approximate surface area is 144 Å². The molecule has 136 valence electrons. The molecule has 4 nitrogen and oxygen atoms in total. The number of fused-ring (bicyclic) bond motifs is 4. The zero-order chi connectivity index (χ0) is 17.0. The molecule has 0 aromatic carbocycles. The SMILES string of the molecule is C[C@]1(O)CC[C@H]2[C@@H]3C[C@@H]4O[C@@]45C[C@@H](O)CC[C@]5(CO)[C@H]3CC[C@@]21C. The van der Waals surface area contributed by atoms with Crippen LogP contribution < -0.4 is 0 Å². The fourth-order valence-corrected chi connectivity index (χ4v) is 7.99. The van der Waals surface area contributed by atoms with Gasteiger partial charge in [-0.1, -0.05) is 6.92 Å². The van der Waals surface area contributed by atoms with Crippen LogP contribution in [0.5, 0.6) is 0 Å². The van der Waals surface area contributed by atoms with Crippen LogP contribution in [-0.2, 0) is 4.74 Å². The average Bonchev–Trinajstić information content (AvgIpc) is 3.16. The molecule has 4 aliphatic carbocycles. The second-order valence-corrected chi connectivity index (χ2v) is 10.1. The Morgan fingerprint density at radius 3 is 2.54 bits per heavy atom. The number of aliphatic hydroxyl groups is 3. The summed E-state index contributed by atoms with van der Waals surface area (Å²) in [6, 6.07) is 0. The number of hydrogen-bond donors (Lipinski definition) is 3. The average molecular weight is 336 g/mol. The largest absolute Gasteiger partial charge is 0.396 e. The summed E-state index contributed by atoms with van der Waals surface area (Å²) >= 11 is 0. The Morgan fingerprint density at radius 2 is 1.79 bits per heavy atom. The molecule has 4 heteroatoms. The molecule has 24 heavy (non-hydrogen) atoms. The summed E-state index contributed by atoms with van der Waals surface area (Å²) in [5.74, 6) is 1.59. The highest BCUT2D eigenvalue weighted by Gasteiger charge is 2.78. The molecule has 1 aliphatic heterocycles. The lowest BCUT2D eigenvalue weighted by molar-refractivity contribution is -0.161. The van der Waals surface area contributed by atoms with Gasteiger partial charge in [0.25, 0.3) is 0 Å². The standard InChI is InChI=1S/C20H32O4/c1-17-6-4-15-13(14(17)5-7-18(17,2)23)9-16-20(24-16)10-12(22)3-8-19(15,20)11-21/h12-16,21-23H,3-11H2,1-2H3/t12-,13-,14-,15-,16-,17-,18-,19-,20-/m0/s1. The van der Waals surface area contributed by atoms with Crippen molar-refractivity contribution in [2.75, 3.05) is 6.61 Å². The number of hydrogen-bond acceptors (Lipinski definition) is 4. The van der Waals surface area contributed by atoms with E-state index in [2.05, 4.69) is 6.92 Å². The molecule has 0 amide bonds. The lowest BCUT2D eigenvalue weighted by atomic mass is 9.44. The van der Waals surface area contributed by atoms with E-state index in [9.17, 15) is 15.3 Å². The zero-order valence-corrected chi connectivity index (χ0v) is 15.0. The maximum absolute atomic E-state index is 11.0. The van der Waals surface area contributed by atoms with Crippen molar-refractivity contribution < 1.29 is 20.1 Å². The zero-order valence-electron chi connectivity index (χ0n) is 15.0. The molecule has 1 heterocycles. The second kappa shape index (κ2) is 4.57. The summed E-state index contributed by atoms with van der Waals surface area (Å²) in [7, 11) is 0. The van der Waals surface area contributed by atoms with E-state index in [0.29, 0.717) is 24.2 Å². The first-order valence-electron chi connectivity index (χ1n) is 9.99. The molecule has 9 atom stereocenters. The van der Waals surface area contributed by atoms with Crippen molar-refractivity contribution in [2.24, 2.45) is 28.6 Å². The van der Waals surface area contributed by atoms with E-state index in [-0.39, 0.29) is 35.2 Å². The first kappa shape index (κ1) is 16.0. The minimum atomic E-state index is -0.559. The predicted octanol–water partition coefficient (Wildman–Crippen LogP) is 2.24. The van der Waals surface area contributed by atoms with Crippen molar-refractivity contribution in [3.05, 3.63) is 0 Å². The number of aliphatic hydroxyl groups excluding tert-OH is 2. The predicted molar refractivity (Wildman–Crippen MR) is 89.3 cm³/mol. The highest BCUT2D eigenvalue weighted by molar-refractivity contribution is 5.26. The molecule has 0 unspecified atom stereocenters. The molecule has 0 aromatic heterocycles. The minimum absolute atomic E-state index is 0.00782. The van der Waals surface area contributed by atoms with Crippen LogP contribution in [0.2, 0.25) is 0 Å². The van der Waals surface area contributed by atoms with Gasteiger partial charge in [0.05, 0.1) is 24.4 Å². The van der Waals surface area contributed by atoms with Crippen LogP contribution in [0.15, 0.2) is 0 Å². The second-order valence-electron chi connectivity index (χ2n) is 10.1. The molecule has 5 rings (SSSR count). The van der Waals surface area contributed by atoms with Crippen LogP contribution in [0.4, 0.5) is 0 Å². The van der Waals surface area contributed by atoms with E-state index < -0.39 is 5.60 Å². The van der Waals surface area contributed by atoms with Crippen molar-refractivity contribution >= 4 is 0 Å². The quantitative estimate of drug-likeness (QED) is 0.642. The molecule has 0 bridgehead atoms. The molecule has 1 saturated heterocycles. The van der Waals surface area contributed by atoms with Gasteiger partial charge in [0.1, 0.15) is 5.60 Å². The summed E-state index contributed by atoms with van der Waals surface area (Å²) < 4.78 is 6.28. The van der Waals surface area contributed by atoms with Crippen LogP contribution in [0.1, 0.15) is 65.2 Å². The number of ether oxygens (including phenoxy) is 1. The van der Waals surface area contributed by atoms with Gasteiger partial charge in [-0.3, -0.25) is 0 Å². The highest BCUT2D eigenvalue weighted by Crippen LogP contribution is 2.74. The van der Waals surface area contributed by atoms with E-state index in [1.807, 2.05) is 6.92 Å². The normalized spacial score (nSPS) is 64.6. The van der Waals surface area contributed by atoms with Crippen molar-refractivity contribution in [1.82, 2.24) is 0 Å². The van der Waals surface area contributed by atoms with Crippen molar-refractivity contribution in [3.63, 3.8) is 0 Å². The van der Waals surface area contributed by atoms with E-state index >= 15 is 0 Å². The maximum atomic E-state index is 11.0. The lowest BCUT2D eigenvalue weighted by Gasteiger charge is -2.60.